The van der Waals surface area contributed by atoms with Crippen molar-refractivity contribution in [2.24, 2.45) is 0 Å². The summed E-state index contributed by atoms with van der Waals surface area (Å²) in [5, 5.41) is 11.2. The van der Waals surface area contributed by atoms with E-state index < -0.39 is 23.4 Å². The van der Waals surface area contributed by atoms with Gasteiger partial charge in [-0.15, -0.1) is 0 Å². The number of carbonyl (C=O) groups excluding carboxylic acids is 2. The predicted molar refractivity (Wildman–Crippen MR) is 143 cm³/mol. The fraction of sp³-hybridized carbons (Fsp3) is 0.393. The highest BCUT2D eigenvalue weighted by Crippen LogP contribution is 2.27. The maximum Gasteiger partial charge on any atom is 0.412 e. The van der Waals surface area contributed by atoms with Gasteiger partial charge in [0.05, 0.1) is 12.2 Å². The Bertz CT molecular complexity index is 1180. The summed E-state index contributed by atoms with van der Waals surface area (Å²) in [7, 11) is 0. The maximum atomic E-state index is 13.4. The lowest BCUT2D eigenvalue weighted by atomic mass is 10.0. The Balaban J connectivity index is 1.82. The van der Waals surface area contributed by atoms with Crippen LogP contribution >= 0.6 is 0 Å². The average Bonchev–Trinajstić information content (AvgIpc) is 2.77. The molecule has 2 aromatic carbocycles. The van der Waals surface area contributed by atoms with Gasteiger partial charge >= 0.3 is 12.2 Å². The first-order chi connectivity index (χ1) is 17.2. The summed E-state index contributed by atoms with van der Waals surface area (Å²) in [5.74, 6) is -0.0826. The van der Waals surface area contributed by atoms with Crippen molar-refractivity contribution in [1.29, 1.82) is 5.41 Å². The van der Waals surface area contributed by atoms with Crippen LogP contribution in [-0.4, -0.2) is 58.7 Å². The molecule has 8 nitrogen and oxygen atoms in total. The van der Waals surface area contributed by atoms with Gasteiger partial charge < -0.3 is 14.4 Å². The van der Waals surface area contributed by atoms with Crippen molar-refractivity contribution in [2.75, 3.05) is 25.0 Å². The molecule has 0 radical (unpaired) electrons. The summed E-state index contributed by atoms with van der Waals surface area (Å²) in [6.45, 7) is 11.7. The molecule has 0 aromatic heterocycles. The number of rotatable bonds is 4. The van der Waals surface area contributed by atoms with Gasteiger partial charge in [-0.1, -0.05) is 18.2 Å². The molecule has 198 valence electrons. The monoisotopic (exact) mass is 510 g/mol. The number of benzene rings is 2. The van der Waals surface area contributed by atoms with Crippen LogP contribution in [0.3, 0.4) is 0 Å². The zero-order valence-electron chi connectivity index (χ0n) is 22.2. The second-order valence-corrected chi connectivity index (χ2v) is 10.8. The van der Waals surface area contributed by atoms with Crippen LogP contribution in [0, 0.1) is 11.2 Å². The topological polar surface area (TPSA) is 95.0 Å². The van der Waals surface area contributed by atoms with Gasteiger partial charge in [-0.2, -0.15) is 0 Å². The molecule has 1 aliphatic heterocycles. The van der Waals surface area contributed by atoms with Gasteiger partial charge in [0.2, 0.25) is 0 Å². The highest BCUT2D eigenvalue weighted by atomic mass is 19.1. The zero-order chi connectivity index (χ0) is 27.4. The Labute approximate surface area is 217 Å². The number of carbonyl (C=O) groups is 2. The Morgan fingerprint density at radius 3 is 2.16 bits per heavy atom. The second kappa shape index (κ2) is 11.0. The number of piperazine rings is 1. The smallest absolute Gasteiger partial charge is 0.412 e. The van der Waals surface area contributed by atoms with E-state index in [-0.39, 0.29) is 18.2 Å². The minimum Gasteiger partial charge on any atom is -0.444 e. The molecule has 2 N–H and O–H groups in total. The fourth-order valence-electron chi connectivity index (χ4n) is 3.58. The van der Waals surface area contributed by atoms with Gasteiger partial charge in [0.25, 0.3) is 0 Å². The van der Waals surface area contributed by atoms with Gasteiger partial charge in [-0.25, -0.2) is 14.0 Å². The van der Waals surface area contributed by atoms with Gasteiger partial charge in [-0.3, -0.25) is 15.6 Å². The molecule has 0 bridgehead atoms. The number of anilines is 1. The molecule has 37 heavy (non-hydrogen) atoms. The summed E-state index contributed by atoms with van der Waals surface area (Å²) in [6, 6.07) is 11.6. The lowest BCUT2D eigenvalue weighted by molar-refractivity contribution is 0.0251. The van der Waals surface area contributed by atoms with Crippen molar-refractivity contribution in [3.8, 4) is 11.1 Å². The van der Waals surface area contributed by atoms with Crippen LogP contribution in [0.5, 0.6) is 0 Å². The first-order valence-corrected chi connectivity index (χ1v) is 12.1. The van der Waals surface area contributed by atoms with E-state index in [1.807, 2.05) is 12.1 Å². The highest BCUT2D eigenvalue weighted by molar-refractivity contribution is 5.90. The van der Waals surface area contributed by atoms with Crippen LogP contribution in [0.2, 0.25) is 0 Å². The normalized spacial score (nSPS) is 14.6. The van der Waals surface area contributed by atoms with Crippen LogP contribution in [0.4, 0.5) is 19.7 Å². The number of nitrogens with zero attached hydrogens (tertiary/aromatic N) is 2. The number of amides is 2. The van der Waals surface area contributed by atoms with Crippen LogP contribution in [0.15, 0.2) is 48.7 Å². The largest absolute Gasteiger partial charge is 0.444 e. The molecular weight excluding hydrogens is 475 g/mol. The van der Waals surface area contributed by atoms with Crippen molar-refractivity contribution in [3.05, 3.63) is 60.0 Å². The summed E-state index contributed by atoms with van der Waals surface area (Å²) in [6.07, 6.45) is 2.50. The van der Waals surface area contributed by atoms with E-state index in [9.17, 15) is 14.0 Å². The van der Waals surface area contributed by atoms with Crippen LogP contribution in [0.25, 0.3) is 17.2 Å². The molecule has 0 saturated carbocycles. The number of amidine groups is 1. The van der Waals surface area contributed by atoms with Crippen molar-refractivity contribution < 1.29 is 23.5 Å². The van der Waals surface area contributed by atoms with Gasteiger partial charge in [-0.05, 0) is 83.0 Å². The number of ether oxygens (including phenoxy) is 2. The van der Waals surface area contributed by atoms with Crippen LogP contribution in [0.1, 0.15) is 47.1 Å². The molecule has 1 saturated heterocycles. The van der Waals surface area contributed by atoms with Gasteiger partial charge in [0.1, 0.15) is 22.9 Å². The molecule has 1 fully saturated rings. The summed E-state index contributed by atoms with van der Waals surface area (Å²) < 4.78 is 24.2. The van der Waals surface area contributed by atoms with Gasteiger partial charge in [0.15, 0.2) is 0 Å². The van der Waals surface area contributed by atoms with Crippen molar-refractivity contribution in [1.82, 2.24) is 9.80 Å². The number of halogens is 1. The maximum absolute atomic E-state index is 13.4. The average molecular weight is 511 g/mol. The van der Waals surface area contributed by atoms with E-state index >= 15 is 0 Å². The molecule has 9 heteroatoms. The number of nitrogens with one attached hydrogen (secondary N) is 2. The Morgan fingerprint density at radius 2 is 1.57 bits per heavy atom. The molecule has 0 aliphatic carbocycles. The SMILES string of the molecule is CC(C)(C)OC(=O)Nc1ccc(-c2ccc(F)cc2)cc1/C=C/N1CCN(C(=O)OC(C)(C)C)CC1=N. The first-order valence-electron chi connectivity index (χ1n) is 12.1. The molecule has 1 aliphatic rings. The van der Waals surface area contributed by atoms with Crippen molar-refractivity contribution in [3.63, 3.8) is 0 Å². The number of hydrogen-bond donors (Lipinski definition) is 2. The molecule has 0 unspecified atom stereocenters. The lowest BCUT2D eigenvalue weighted by Gasteiger charge is -2.35. The lowest BCUT2D eigenvalue weighted by Crippen LogP contribution is -2.51. The minimum absolute atomic E-state index is 0.123. The third-order valence-corrected chi connectivity index (χ3v) is 5.25. The molecule has 2 aromatic rings. The Hall–Kier alpha value is -3.88. The molecule has 1 heterocycles. The summed E-state index contributed by atoms with van der Waals surface area (Å²) >= 11 is 0. The molecular formula is C28H35FN4O4. The van der Waals surface area contributed by atoms with E-state index in [1.54, 1.807) is 76.9 Å². The zero-order valence-corrected chi connectivity index (χ0v) is 22.2. The van der Waals surface area contributed by atoms with Crippen molar-refractivity contribution in [2.45, 2.75) is 52.7 Å². The Morgan fingerprint density at radius 1 is 0.946 bits per heavy atom. The quantitative estimate of drug-likeness (QED) is 0.500. The Kier molecular flexibility index (Phi) is 8.25. The van der Waals surface area contributed by atoms with E-state index in [0.29, 0.717) is 24.3 Å². The third-order valence-electron chi connectivity index (χ3n) is 5.25. The highest BCUT2D eigenvalue weighted by Gasteiger charge is 2.27. The van der Waals surface area contributed by atoms with Crippen molar-refractivity contribution >= 4 is 29.8 Å². The molecule has 0 spiro atoms. The summed E-state index contributed by atoms with van der Waals surface area (Å²) in [4.78, 5) is 28.1. The van der Waals surface area contributed by atoms with Crippen LogP contribution in [-0.2, 0) is 9.47 Å². The molecule has 0 atom stereocenters. The first kappa shape index (κ1) is 27.7. The summed E-state index contributed by atoms with van der Waals surface area (Å²) in [5.41, 5.74) is 1.59. The fourth-order valence-corrected chi connectivity index (χ4v) is 3.58. The third kappa shape index (κ3) is 8.34. The second-order valence-electron chi connectivity index (χ2n) is 10.8. The van der Waals surface area contributed by atoms with Gasteiger partial charge in [0, 0.05) is 24.9 Å². The molecule has 2 amide bonds. The van der Waals surface area contributed by atoms with E-state index in [4.69, 9.17) is 14.9 Å². The minimum atomic E-state index is -0.656. The van der Waals surface area contributed by atoms with Crippen LogP contribution < -0.4 is 5.32 Å². The molecule has 3 rings (SSSR count). The van der Waals surface area contributed by atoms with E-state index in [2.05, 4.69) is 5.32 Å². The standard InChI is InChI=1S/C28H35FN4O4/c1-27(2,3)36-25(34)31-23-12-9-20(19-7-10-22(29)11-8-19)17-21(23)13-14-32-15-16-33(18-24(32)30)26(35)37-28(4,5)6/h7-14,17,30H,15-16,18H2,1-6H3,(H,31,34)/b14-13+,30-24?. The van der Waals surface area contributed by atoms with E-state index in [0.717, 1.165) is 11.1 Å². The predicted octanol–water partition coefficient (Wildman–Crippen LogP) is 6.34. The van der Waals surface area contributed by atoms with E-state index in [1.165, 1.54) is 17.0 Å². The number of hydrogen-bond acceptors (Lipinski definition) is 5.